The monoisotopic (exact) mass is 174 g/mol. The molecule has 3 atom stereocenters. The molecule has 1 aliphatic rings. The molecule has 1 rings (SSSR count). The Hall–Kier alpha value is -0.120. The zero-order chi connectivity index (χ0) is 8.97. The molecule has 0 amide bonds. The van der Waals surface area contributed by atoms with Crippen LogP contribution >= 0.6 is 0 Å². The van der Waals surface area contributed by atoms with Crippen molar-refractivity contribution in [1.29, 1.82) is 0 Å². The summed E-state index contributed by atoms with van der Waals surface area (Å²) < 4.78 is 15.9. The van der Waals surface area contributed by atoms with E-state index in [9.17, 15) is 0 Å². The van der Waals surface area contributed by atoms with E-state index in [0.29, 0.717) is 12.5 Å². The number of hydrogen-bond acceptors (Lipinski definition) is 3. The van der Waals surface area contributed by atoms with E-state index in [1.807, 2.05) is 0 Å². The smallest absolute Gasteiger partial charge is 0.107 e. The second kappa shape index (κ2) is 4.80. The van der Waals surface area contributed by atoms with Crippen molar-refractivity contribution in [3.05, 3.63) is 0 Å². The summed E-state index contributed by atoms with van der Waals surface area (Å²) in [5.41, 5.74) is 0. The van der Waals surface area contributed by atoms with Crippen LogP contribution in [0.2, 0.25) is 0 Å². The highest BCUT2D eigenvalue weighted by Gasteiger charge is 2.29. The maximum Gasteiger partial charge on any atom is 0.107 e. The van der Waals surface area contributed by atoms with E-state index in [1.165, 1.54) is 0 Å². The van der Waals surface area contributed by atoms with Gasteiger partial charge in [-0.1, -0.05) is 6.92 Å². The second-order valence-corrected chi connectivity index (χ2v) is 3.44. The van der Waals surface area contributed by atoms with Crippen molar-refractivity contribution in [2.45, 2.75) is 25.6 Å². The molecule has 0 aromatic carbocycles. The summed E-state index contributed by atoms with van der Waals surface area (Å²) >= 11 is 0. The Kier molecular flexibility index (Phi) is 3.98. The van der Waals surface area contributed by atoms with Crippen LogP contribution in [-0.2, 0) is 14.2 Å². The normalized spacial score (nSPS) is 36.8. The number of hydrogen-bond donors (Lipinski definition) is 0. The van der Waals surface area contributed by atoms with Crippen molar-refractivity contribution in [2.24, 2.45) is 5.92 Å². The highest BCUT2D eigenvalue weighted by Crippen LogP contribution is 2.21. The summed E-state index contributed by atoms with van der Waals surface area (Å²) in [4.78, 5) is 0. The van der Waals surface area contributed by atoms with Crippen LogP contribution in [0.4, 0.5) is 0 Å². The third kappa shape index (κ3) is 2.44. The third-order valence-corrected chi connectivity index (χ3v) is 2.28. The lowest BCUT2D eigenvalue weighted by atomic mass is 9.98. The predicted octanol–water partition coefficient (Wildman–Crippen LogP) is 1.07. The molecule has 1 aliphatic heterocycles. The summed E-state index contributed by atoms with van der Waals surface area (Å²) in [6.45, 7) is 3.63. The highest BCUT2D eigenvalue weighted by molar-refractivity contribution is 4.77. The van der Waals surface area contributed by atoms with Crippen molar-refractivity contribution in [2.75, 3.05) is 27.4 Å². The maximum absolute atomic E-state index is 5.58. The third-order valence-electron chi connectivity index (χ3n) is 2.28. The van der Waals surface area contributed by atoms with Gasteiger partial charge in [0, 0.05) is 20.8 Å². The maximum atomic E-state index is 5.58. The predicted molar refractivity (Wildman–Crippen MR) is 46.2 cm³/mol. The summed E-state index contributed by atoms with van der Waals surface area (Å²) in [7, 11) is 3.42. The number of ether oxygens (including phenoxy) is 3. The Labute approximate surface area is 74.0 Å². The minimum Gasteiger partial charge on any atom is -0.382 e. The quantitative estimate of drug-likeness (QED) is 0.640. The molecular formula is C9H18O3. The fourth-order valence-electron chi connectivity index (χ4n) is 1.58. The molecule has 0 bridgehead atoms. The molecule has 0 aliphatic carbocycles. The van der Waals surface area contributed by atoms with Crippen molar-refractivity contribution in [3.63, 3.8) is 0 Å². The van der Waals surface area contributed by atoms with Gasteiger partial charge in [-0.2, -0.15) is 0 Å². The van der Waals surface area contributed by atoms with Gasteiger partial charge in [0.05, 0.1) is 12.7 Å². The molecule has 0 N–H and O–H groups in total. The lowest BCUT2D eigenvalue weighted by molar-refractivity contribution is -0.130. The molecule has 3 nitrogen and oxygen atoms in total. The van der Waals surface area contributed by atoms with Gasteiger partial charge in [-0.05, 0) is 12.3 Å². The Morgan fingerprint density at radius 2 is 2.17 bits per heavy atom. The fourth-order valence-corrected chi connectivity index (χ4v) is 1.58. The van der Waals surface area contributed by atoms with Gasteiger partial charge in [0.15, 0.2) is 0 Å². The number of rotatable bonds is 3. The molecule has 72 valence electrons. The lowest BCUT2D eigenvalue weighted by Crippen LogP contribution is -2.41. The average Bonchev–Trinajstić information content (AvgIpc) is 2.08. The van der Waals surface area contributed by atoms with E-state index >= 15 is 0 Å². The largest absolute Gasteiger partial charge is 0.382 e. The molecular weight excluding hydrogens is 156 g/mol. The molecule has 3 heteroatoms. The van der Waals surface area contributed by atoms with Gasteiger partial charge in [0.2, 0.25) is 0 Å². The average molecular weight is 174 g/mol. The first-order valence-electron chi connectivity index (χ1n) is 4.41. The van der Waals surface area contributed by atoms with Crippen LogP contribution in [0.5, 0.6) is 0 Å². The van der Waals surface area contributed by atoms with Crippen LogP contribution in [0.3, 0.4) is 0 Å². The Morgan fingerprint density at radius 3 is 2.75 bits per heavy atom. The topological polar surface area (TPSA) is 27.7 Å². The van der Waals surface area contributed by atoms with Gasteiger partial charge in [0.25, 0.3) is 0 Å². The Morgan fingerprint density at radius 1 is 1.42 bits per heavy atom. The van der Waals surface area contributed by atoms with Gasteiger partial charge < -0.3 is 14.2 Å². The van der Waals surface area contributed by atoms with E-state index < -0.39 is 0 Å². The SMILES string of the molecule is COC[C@H]1OC[C@@H](C)C[C@@H]1OC. The highest BCUT2D eigenvalue weighted by atomic mass is 16.6. The Balaban J connectivity index is 2.39. The van der Waals surface area contributed by atoms with E-state index in [-0.39, 0.29) is 12.2 Å². The first-order chi connectivity index (χ1) is 5.77. The van der Waals surface area contributed by atoms with Gasteiger partial charge in [-0.3, -0.25) is 0 Å². The molecule has 1 fully saturated rings. The van der Waals surface area contributed by atoms with E-state index in [4.69, 9.17) is 14.2 Å². The lowest BCUT2D eigenvalue weighted by Gasteiger charge is -2.33. The molecule has 12 heavy (non-hydrogen) atoms. The van der Waals surface area contributed by atoms with Crippen molar-refractivity contribution in [1.82, 2.24) is 0 Å². The van der Waals surface area contributed by atoms with E-state index in [1.54, 1.807) is 14.2 Å². The molecule has 0 spiro atoms. The van der Waals surface area contributed by atoms with Crippen LogP contribution in [-0.4, -0.2) is 39.6 Å². The molecule has 1 heterocycles. The number of methoxy groups -OCH3 is 2. The van der Waals surface area contributed by atoms with Crippen molar-refractivity contribution < 1.29 is 14.2 Å². The Bertz CT molecular complexity index is 127. The molecule has 0 aromatic rings. The van der Waals surface area contributed by atoms with Gasteiger partial charge >= 0.3 is 0 Å². The van der Waals surface area contributed by atoms with Crippen LogP contribution in [0.15, 0.2) is 0 Å². The first kappa shape index (κ1) is 9.96. The van der Waals surface area contributed by atoms with E-state index in [0.717, 1.165) is 13.0 Å². The standard InChI is InChI=1S/C9H18O3/c1-7-4-8(11-3)9(6-10-2)12-5-7/h7-9H,4-6H2,1-3H3/t7-,8-,9+/m0/s1. The van der Waals surface area contributed by atoms with Crippen LogP contribution in [0.25, 0.3) is 0 Å². The first-order valence-corrected chi connectivity index (χ1v) is 4.41. The molecule has 1 saturated heterocycles. The minimum absolute atomic E-state index is 0.121. The molecule has 0 saturated carbocycles. The molecule has 0 aromatic heterocycles. The zero-order valence-electron chi connectivity index (χ0n) is 8.08. The van der Waals surface area contributed by atoms with Crippen LogP contribution in [0, 0.1) is 5.92 Å². The summed E-state index contributed by atoms with van der Waals surface area (Å²) in [6.07, 6.45) is 1.40. The fraction of sp³-hybridized carbons (Fsp3) is 1.00. The molecule has 0 radical (unpaired) electrons. The van der Waals surface area contributed by atoms with Gasteiger partial charge in [-0.15, -0.1) is 0 Å². The summed E-state index contributed by atoms with van der Waals surface area (Å²) in [6, 6.07) is 0. The van der Waals surface area contributed by atoms with Gasteiger partial charge in [0.1, 0.15) is 6.10 Å². The minimum atomic E-state index is 0.121. The second-order valence-electron chi connectivity index (χ2n) is 3.44. The molecule has 0 unspecified atom stereocenters. The summed E-state index contributed by atoms with van der Waals surface area (Å²) in [5.74, 6) is 0.600. The summed E-state index contributed by atoms with van der Waals surface area (Å²) in [5, 5.41) is 0. The zero-order valence-corrected chi connectivity index (χ0v) is 8.08. The van der Waals surface area contributed by atoms with Crippen molar-refractivity contribution in [3.8, 4) is 0 Å². The van der Waals surface area contributed by atoms with Crippen molar-refractivity contribution >= 4 is 0 Å². The van der Waals surface area contributed by atoms with E-state index in [2.05, 4.69) is 6.92 Å². The van der Waals surface area contributed by atoms with Crippen LogP contribution in [0.1, 0.15) is 13.3 Å². The van der Waals surface area contributed by atoms with Gasteiger partial charge in [-0.25, -0.2) is 0 Å². The van der Waals surface area contributed by atoms with Crippen LogP contribution < -0.4 is 0 Å².